The summed E-state index contributed by atoms with van der Waals surface area (Å²) >= 11 is 1.49. The minimum atomic E-state index is -0.502. The molecule has 0 amide bonds. The van der Waals surface area contributed by atoms with Crippen LogP contribution in [0.3, 0.4) is 0 Å². The first-order valence-corrected chi connectivity index (χ1v) is 7.41. The number of aliphatic hydroxyl groups is 1. The summed E-state index contributed by atoms with van der Waals surface area (Å²) in [7, 11) is 0. The van der Waals surface area contributed by atoms with Crippen LogP contribution in [0, 0.1) is 0 Å². The lowest BCUT2D eigenvalue weighted by Gasteiger charge is -2.03. The average Bonchev–Trinajstić information content (AvgIpc) is 2.98. The van der Waals surface area contributed by atoms with Gasteiger partial charge in [0, 0.05) is 10.9 Å². The molecule has 100 valence electrons. The van der Waals surface area contributed by atoms with Gasteiger partial charge in [0.25, 0.3) is 0 Å². The van der Waals surface area contributed by atoms with Gasteiger partial charge in [0.15, 0.2) is 0 Å². The first-order valence-electron chi connectivity index (χ1n) is 6.53. The summed E-state index contributed by atoms with van der Waals surface area (Å²) in [5.41, 5.74) is 4.40. The molecular formula is C17H15NOS. The highest BCUT2D eigenvalue weighted by molar-refractivity contribution is 7.10. The average molecular weight is 281 g/mol. The van der Waals surface area contributed by atoms with Gasteiger partial charge in [-0.15, -0.1) is 11.3 Å². The van der Waals surface area contributed by atoms with Crippen molar-refractivity contribution in [1.29, 1.82) is 0 Å². The summed E-state index contributed by atoms with van der Waals surface area (Å²) in [4.78, 5) is 4.45. The summed E-state index contributed by atoms with van der Waals surface area (Å²) in [5, 5.41) is 12.3. The van der Waals surface area contributed by atoms with E-state index in [1.54, 1.807) is 6.92 Å². The van der Waals surface area contributed by atoms with Crippen molar-refractivity contribution >= 4 is 11.3 Å². The Morgan fingerprint density at radius 1 is 0.900 bits per heavy atom. The second kappa shape index (κ2) is 5.57. The highest BCUT2D eigenvalue weighted by atomic mass is 32.1. The molecule has 20 heavy (non-hydrogen) atoms. The lowest BCUT2D eigenvalue weighted by molar-refractivity contribution is 0.199. The molecule has 3 aromatic rings. The topological polar surface area (TPSA) is 33.1 Å². The van der Waals surface area contributed by atoms with E-state index >= 15 is 0 Å². The third kappa shape index (κ3) is 2.64. The van der Waals surface area contributed by atoms with E-state index in [2.05, 4.69) is 41.4 Å². The zero-order valence-electron chi connectivity index (χ0n) is 11.2. The monoisotopic (exact) mass is 281 g/mol. The summed E-state index contributed by atoms with van der Waals surface area (Å²) in [5.74, 6) is 0. The zero-order chi connectivity index (χ0) is 13.9. The standard InChI is InChI=1S/C17H15NOS/c1-12(19)17-18-16(11-20-17)15-9-7-14(8-10-15)13-5-3-2-4-6-13/h2-12,19H,1H3. The van der Waals surface area contributed by atoms with Crippen molar-refractivity contribution in [1.82, 2.24) is 4.98 Å². The molecule has 0 spiro atoms. The number of aromatic nitrogens is 1. The van der Waals surface area contributed by atoms with Crippen LogP contribution in [0.5, 0.6) is 0 Å². The van der Waals surface area contributed by atoms with Crippen LogP contribution in [0.2, 0.25) is 0 Å². The fraction of sp³-hybridized carbons (Fsp3) is 0.118. The predicted molar refractivity (Wildman–Crippen MR) is 83.6 cm³/mol. The molecule has 0 saturated heterocycles. The lowest BCUT2D eigenvalue weighted by atomic mass is 10.0. The minimum absolute atomic E-state index is 0.502. The van der Waals surface area contributed by atoms with Crippen molar-refractivity contribution in [3.63, 3.8) is 0 Å². The third-order valence-electron chi connectivity index (χ3n) is 3.17. The SMILES string of the molecule is CC(O)c1nc(-c2ccc(-c3ccccc3)cc2)cs1. The molecule has 2 aromatic carbocycles. The fourth-order valence-electron chi connectivity index (χ4n) is 2.08. The second-order valence-electron chi connectivity index (χ2n) is 4.69. The Labute approximate surface area is 122 Å². The van der Waals surface area contributed by atoms with Crippen LogP contribution in [0.15, 0.2) is 60.0 Å². The van der Waals surface area contributed by atoms with Crippen LogP contribution in [-0.2, 0) is 0 Å². The molecule has 0 aliphatic heterocycles. The number of aliphatic hydroxyl groups excluding tert-OH is 1. The molecule has 1 heterocycles. The maximum absolute atomic E-state index is 9.52. The Morgan fingerprint density at radius 3 is 2.10 bits per heavy atom. The highest BCUT2D eigenvalue weighted by Gasteiger charge is 2.08. The van der Waals surface area contributed by atoms with Gasteiger partial charge in [-0.2, -0.15) is 0 Å². The van der Waals surface area contributed by atoms with E-state index in [4.69, 9.17) is 0 Å². The van der Waals surface area contributed by atoms with Gasteiger partial charge in [-0.3, -0.25) is 0 Å². The predicted octanol–water partition coefficient (Wildman–Crippen LogP) is 4.53. The van der Waals surface area contributed by atoms with Gasteiger partial charge < -0.3 is 5.11 Å². The first-order chi connectivity index (χ1) is 9.74. The van der Waals surface area contributed by atoms with Crippen LogP contribution in [0.1, 0.15) is 18.0 Å². The van der Waals surface area contributed by atoms with E-state index < -0.39 is 6.10 Å². The van der Waals surface area contributed by atoms with E-state index in [9.17, 15) is 5.11 Å². The van der Waals surface area contributed by atoms with E-state index in [-0.39, 0.29) is 0 Å². The lowest BCUT2D eigenvalue weighted by Crippen LogP contribution is -1.89. The normalized spacial score (nSPS) is 12.3. The Hall–Kier alpha value is -1.97. The largest absolute Gasteiger partial charge is 0.386 e. The maximum Gasteiger partial charge on any atom is 0.122 e. The van der Waals surface area contributed by atoms with Gasteiger partial charge in [-0.25, -0.2) is 4.98 Å². The van der Waals surface area contributed by atoms with Crippen molar-refractivity contribution in [3.8, 4) is 22.4 Å². The summed E-state index contributed by atoms with van der Waals surface area (Å²) in [6.45, 7) is 1.74. The number of thiazole rings is 1. The first kappa shape index (κ1) is 13.0. The molecule has 0 aliphatic carbocycles. The van der Waals surface area contributed by atoms with Crippen LogP contribution in [0.4, 0.5) is 0 Å². The van der Waals surface area contributed by atoms with Crippen molar-refractivity contribution < 1.29 is 5.11 Å². The van der Waals surface area contributed by atoms with E-state index in [1.165, 1.54) is 22.5 Å². The van der Waals surface area contributed by atoms with Crippen LogP contribution in [0.25, 0.3) is 22.4 Å². The molecule has 0 radical (unpaired) electrons. The molecule has 1 atom stereocenters. The molecule has 3 heteroatoms. The van der Waals surface area contributed by atoms with Gasteiger partial charge >= 0.3 is 0 Å². The molecule has 0 saturated carbocycles. The zero-order valence-corrected chi connectivity index (χ0v) is 12.0. The molecule has 0 aliphatic rings. The van der Waals surface area contributed by atoms with Crippen LogP contribution >= 0.6 is 11.3 Å². The number of rotatable bonds is 3. The van der Waals surface area contributed by atoms with Gasteiger partial charge in [0.1, 0.15) is 11.1 Å². The Morgan fingerprint density at radius 2 is 1.50 bits per heavy atom. The molecular weight excluding hydrogens is 266 g/mol. The summed E-state index contributed by atoms with van der Waals surface area (Å²) in [6.07, 6.45) is -0.502. The summed E-state index contributed by atoms with van der Waals surface area (Å²) in [6, 6.07) is 18.7. The maximum atomic E-state index is 9.52. The number of hydrogen-bond acceptors (Lipinski definition) is 3. The second-order valence-corrected chi connectivity index (χ2v) is 5.58. The van der Waals surface area contributed by atoms with Crippen LogP contribution < -0.4 is 0 Å². The number of benzene rings is 2. The molecule has 1 aromatic heterocycles. The molecule has 0 fully saturated rings. The van der Waals surface area contributed by atoms with E-state index in [0.29, 0.717) is 0 Å². The third-order valence-corrected chi connectivity index (χ3v) is 4.18. The van der Waals surface area contributed by atoms with Crippen molar-refractivity contribution in [2.45, 2.75) is 13.0 Å². The van der Waals surface area contributed by atoms with Crippen LogP contribution in [-0.4, -0.2) is 10.1 Å². The fourth-order valence-corrected chi connectivity index (χ4v) is 2.85. The Kier molecular flexibility index (Phi) is 3.63. The Bertz CT molecular complexity index is 687. The molecule has 3 rings (SSSR count). The quantitative estimate of drug-likeness (QED) is 0.765. The summed E-state index contributed by atoms with van der Waals surface area (Å²) < 4.78 is 0. The van der Waals surface area contributed by atoms with Gasteiger partial charge in [-0.1, -0.05) is 54.6 Å². The van der Waals surface area contributed by atoms with E-state index in [0.717, 1.165) is 16.3 Å². The molecule has 0 bridgehead atoms. The number of hydrogen-bond donors (Lipinski definition) is 1. The molecule has 1 N–H and O–H groups in total. The molecule has 1 unspecified atom stereocenters. The Balaban J connectivity index is 1.89. The highest BCUT2D eigenvalue weighted by Crippen LogP contribution is 2.27. The van der Waals surface area contributed by atoms with Crippen molar-refractivity contribution in [2.24, 2.45) is 0 Å². The van der Waals surface area contributed by atoms with Gasteiger partial charge in [-0.05, 0) is 18.1 Å². The smallest absolute Gasteiger partial charge is 0.122 e. The van der Waals surface area contributed by atoms with Gasteiger partial charge in [0.2, 0.25) is 0 Å². The minimum Gasteiger partial charge on any atom is -0.386 e. The number of nitrogens with zero attached hydrogens (tertiary/aromatic N) is 1. The van der Waals surface area contributed by atoms with Gasteiger partial charge in [0.05, 0.1) is 5.69 Å². The van der Waals surface area contributed by atoms with E-state index in [1.807, 2.05) is 23.6 Å². The van der Waals surface area contributed by atoms with Crippen molar-refractivity contribution in [3.05, 3.63) is 65.0 Å². The molecule has 2 nitrogen and oxygen atoms in total. The van der Waals surface area contributed by atoms with Crippen molar-refractivity contribution in [2.75, 3.05) is 0 Å².